The van der Waals surface area contributed by atoms with Crippen LogP contribution in [0.5, 0.6) is 5.75 Å². The summed E-state index contributed by atoms with van der Waals surface area (Å²) in [7, 11) is 0. The summed E-state index contributed by atoms with van der Waals surface area (Å²) in [6.07, 6.45) is -2.79. The number of nitrogens with one attached hydrogen (secondary N) is 1. The first-order chi connectivity index (χ1) is 20.4. The number of rotatable bonds is 12. The Morgan fingerprint density at radius 3 is 2.28 bits per heavy atom. The van der Waals surface area contributed by atoms with Gasteiger partial charge in [-0.25, -0.2) is 14.2 Å². The van der Waals surface area contributed by atoms with Gasteiger partial charge in [-0.3, -0.25) is 4.79 Å². The molecule has 0 bridgehead atoms. The molecular weight excluding hydrogens is 568 g/mol. The molecule has 1 heterocycles. The summed E-state index contributed by atoms with van der Waals surface area (Å²) in [5.74, 6) is -0.445. The number of carboxylic acid groups (broad SMARTS) is 1. The number of oxazole rings is 1. The number of aryl methyl sites for hydroxylation is 1. The standard InChI is InChI=1S/C32H28F4N2O5/c1-19(17-29(39)22-5-9-24(10-6-22)32(34,35)36)37-28(31(40)41)18-21-3-13-26(14-4-21)42-16-15-27-20(2)43-30(38-27)23-7-11-25(33)12-8-23/h3-14,17,28,37H,15-16,18H2,1-2H3,(H,40,41)/t28-/m0/s1. The molecule has 0 radical (unpaired) electrons. The Balaban J connectivity index is 1.30. The molecule has 4 rings (SSSR count). The first kappa shape index (κ1) is 31.0. The summed E-state index contributed by atoms with van der Waals surface area (Å²) in [5, 5.41) is 12.5. The molecule has 0 aliphatic heterocycles. The maximum atomic E-state index is 13.2. The van der Waals surface area contributed by atoms with E-state index in [4.69, 9.17) is 9.15 Å². The second-order valence-electron chi connectivity index (χ2n) is 9.78. The second kappa shape index (κ2) is 13.4. The van der Waals surface area contributed by atoms with E-state index in [0.717, 1.165) is 30.3 Å². The Morgan fingerprint density at radius 2 is 1.67 bits per heavy atom. The lowest BCUT2D eigenvalue weighted by atomic mass is 10.0. The molecule has 0 aliphatic rings. The van der Waals surface area contributed by atoms with E-state index in [2.05, 4.69) is 10.3 Å². The summed E-state index contributed by atoms with van der Waals surface area (Å²) in [4.78, 5) is 28.8. The highest BCUT2D eigenvalue weighted by atomic mass is 19.4. The molecule has 11 heteroatoms. The van der Waals surface area contributed by atoms with Crippen LogP contribution in [0, 0.1) is 12.7 Å². The number of allylic oxidation sites excluding steroid dienone is 2. The molecule has 224 valence electrons. The topological polar surface area (TPSA) is 102 Å². The third kappa shape index (κ3) is 8.54. The van der Waals surface area contributed by atoms with Crippen LogP contribution < -0.4 is 10.1 Å². The monoisotopic (exact) mass is 596 g/mol. The molecule has 0 saturated carbocycles. The highest BCUT2D eigenvalue weighted by Crippen LogP contribution is 2.29. The van der Waals surface area contributed by atoms with Crippen LogP contribution in [0.3, 0.4) is 0 Å². The van der Waals surface area contributed by atoms with Gasteiger partial charge in [0.25, 0.3) is 0 Å². The van der Waals surface area contributed by atoms with Gasteiger partial charge in [-0.1, -0.05) is 24.3 Å². The fourth-order valence-corrected chi connectivity index (χ4v) is 4.22. The molecule has 1 aromatic heterocycles. The molecule has 7 nitrogen and oxygen atoms in total. The van der Waals surface area contributed by atoms with Crippen LogP contribution in [0.15, 0.2) is 89.0 Å². The molecule has 0 unspecified atom stereocenters. The van der Waals surface area contributed by atoms with Crippen molar-refractivity contribution in [3.05, 3.63) is 119 Å². The van der Waals surface area contributed by atoms with Crippen molar-refractivity contribution in [3.8, 4) is 17.2 Å². The van der Waals surface area contributed by atoms with E-state index in [1.807, 2.05) is 0 Å². The second-order valence-corrected chi connectivity index (χ2v) is 9.78. The quantitative estimate of drug-likeness (QED) is 0.105. The third-order valence-electron chi connectivity index (χ3n) is 6.50. The van der Waals surface area contributed by atoms with Crippen LogP contribution >= 0.6 is 0 Å². The van der Waals surface area contributed by atoms with Crippen molar-refractivity contribution in [2.45, 2.75) is 38.9 Å². The van der Waals surface area contributed by atoms with Gasteiger partial charge in [-0.05, 0) is 67.9 Å². The van der Waals surface area contributed by atoms with Crippen LogP contribution in [0.25, 0.3) is 11.5 Å². The molecule has 0 saturated heterocycles. The summed E-state index contributed by atoms with van der Waals surface area (Å²) >= 11 is 0. The van der Waals surface area contributed by atoms with Gasteiger partial charge in [-0.2, -0.15) is 13.2 Å². The van der Waals surface area contributed by atoms with Crippen LogP contribution in [-0.4, -0.2) is 34.5 Å². The summed E-state index contributed by atoms with van der Waals surface area (Å²) in [5.41, 5.74) is 1.51. The predicted octanol–water partition coefficient (Wildman–Crippen LogP) is 6.80. The molecule has 0 aliphatic carbocycles. The van der Waals surface area contributed by atoms with E-state index in [1.54, 1.807) is 43.3 Å². The van der Waals surface area contributed by atoms with Gasteiger partial charge < -0.3 is 19.6 Å². The number of carbonyl (C=O) groups excluding carboxylic acids is 1. The summed E-state index contributed by atoms with van der Waals surface area (Å²) in [6, 6.07) is 15.5. The van der Waals surface area contributed by atoms with Crippen molar-refractivity contribution in [1.82, 2.24) is 10.3 Å². The fraction of sp³-hybridized carbons (Fsp3) is 0.219. The Morgan fingerprint density at radius 1 is 1.02 bits per heavy atom. The molecule has 0 amide bonds. The molecule has 0 fully saturated rings. The van der Waals surface area contributed by atoms with E-state index in [-0.39, 0.29) is 23.5 Å². The minimum Gasteiger partial charge on any atom is -0.493 e. The van der Waals surface area contributed by atoms with E-state index in [9.17, 15) is 32.3 Å². The number of carboxylic acids is 1. The number of ketones is 1. The zero-order valence-corrected chi connectivity index (χ0v) is 23.2. The van der Waals surface area contributed by atoms with E-state index in [1.165, 1.54) is 19.1 Å². The third-order valence-corrected chi connectivity index (χ3v) is 6.50. The maximum absolute atomic E-state index is 13.2. The van der Waals surface area contributed by atoms with Crippen LogP contribution in [0.1, 0.15) is 39.9 Å². The summed E-state index contributed by atoms with van der Waals surface area (Å²) < 4.78 is 63.0. The molecule has 4 aromatic rings. The largest absolute Gasteiger partial charge is 0.493 e. The number of ether oxygens (including phenoxy) is 1. The minimum absolute atomic E-state index is 0.0450. The van der Waals surface area contributed by atoms with Gasteiger partial charge in [0.2, 0.25) is 5.89 Å². The number of carbonyl (C=O) groups is 2. The normalized spacial score (nSPS) is 12.6. The molecule has 0 spiro atoms. The molecule has 43 heavy (non-hydrogen) atoms. The van der Waals surface area contributed by atoms with E-state index < -0.39 is 29.5 Å². The lowest BCUT2D eigenvalue weighted by Gasteiger charge is -2.16. The van der Waals surface area contributed by atoms with Gasteiger partial charge in [0.1, 0.15) is 23.4 Å². The number of nitrogens with zero attached hydrogens (tertiary/aromatic N) is 1. The van der Waals surface area contributed by atoms with Gasteiger partial charge >= 0.3 is 12.1 Å². The predicted molar refractivity (Wildman–Crippen MR) is 150 cm³/mol. The fourth-order valence-electron chi connectivity index (χ4n) is 4.22. The van der Waals surface area contributed by atoms with Crippen molar-refractivity contribution >= 4 is 11.8 Å². The van der Waals surface area contributed by atoms with Crippen molar-refractivity contribution < 1.29 is 41.4 Å². The number of halogens is 4. The highest BCUT2D eigenvalue weighted by Gasteiger charge is 2.30. The number of hydrogen-bond donors (Lipinski definition) is 2. The summed E-state index contributed by atoms with van der Waals surface area (Å²) in [6.45, 7) is 3.61. The van der Waals surface area contributed by atoms with Crippen molar-refractivity contribution in [3.63, 3.8) is 0 Å². The van der Waals surface area contributed by atoms with Crippen molar-refractivity contribution in [2.24, 2.45) is 0 Å². The van der Waals surface area contributed by atoms with Crippen molar-refractivity contribution in [2.75, 3.05) is 6.61 Å². The molecule has 3 aromatic carbocycles. The Labute approximate surface area is 244 Å². The van der Waals surface area contributed by atoms with Crippen LogP contribution in [0.2, 0.25) is 0 Å². The van der Waals surface area contributed by atoms with Gasteiger partial charge in [0, 0.05) is 35.7 Å². The Kier molecular flexibility index (Phi) is 9.64. The van der Waals surface area contributed by atoms with Gasteiger partial charge in [0.05, 0.1) is 17.9 Å². The van der Waals surface area contributed by atoms with Gasteiger partial charge in [-0.15, -0.1) is 0 Å². The smallest absolute Gasteiger partial charge is 0.416 e. The highest BCUT2D eigenvalue weighted by molar-refractivity contribution is 6.04. The zero-order valence-electron chi connectivity index (χ0n) is 23.2. The first-order valence-electron chi connectivity index (χ1n) is 13.2. The number of hydrogen-bond acceptors (Lipinski definition) is 6. The Bertz CT molecular complexity index is 1590. The van der Waals surface area contributed by atoms with Crippen molar-refractivity contribution in [1.29, 1.82) is 0 Å². The van der Waals surface area contributed by atoms with Gasteiger partial charge in [0.15, 0.2) is 5.78 Å². The van der Waals surface area contributed by atoms with E-state index in [0.29, 0.717) is 47.2 Å². The SMILES string of the molecule is CC(=CC(=O)c1ccc(C(F)(F)F)cc1)N[C@@H](Cc1ccc(OCCc2nc(-c3ccc(F)cc3)oc2C)cc1)C(=O)O. The van der Waals surface area contributed by atoms with Crippen LogP contribution in [0.4, 0.5) is 17.6 Å². The number of aliphatic carboxylic acids is 1. The lowest BCUT2D eigenvalue weighted by molar-refractivity contribution is -0.139. The maximum Gasteiger partial charge on any atom is 0.416 e. The van der Waals surface area contributed by atoms with E-state index >= 15 is 0 Å². The Hall–Kier alpha value is -4.93. The minimum atomic E-state index is -4.51. The number of benzene rings is 3. The molecule has 2 N–H and O–H groups in total. The number of alkyl halides is 3. The average molecular weight is 597 g/mol. The van der Waals surface area contributed by atoms with Crippen LogP contribution in [-0.2, 0) is 23.8 Å². The average Bonchev–Trinajstić information content (AvgIpc) is 3.33. The number of aromatic nitrogens is 1. The molecule has 1 atom stereocenters. The molecular formula is C32H28F4N2O5. The zero-order chi connectivity index (χ0) is 31.1. The lowest BCUT2D eigenvalue weighted by Crippen LogP contribution is -2.37. The first-order valence-corrected chi connectivity index (χ1v) is 13.2.